The molecule has 2 heteroatoms. The molecular formula is C14H18BrN. The standard InChI is InChI=1S/C14H18BrN/c1-9-5-6-10(16-8-9)7-13(15)14-11-3-2-4-12(11)14/h5-6,8,11-14H,2-4,7H2,1H3. The highest BCUT2D eigenvalue weighted by molar-refractivity contribution is 9.09. The third-order valence-electron chi connectivity index (χ3n) is 4.27. The lowest BCUT2D eigenvalue weighted by Crippen LogP contribution is -2.10. The van der Waals surface area contributed by atoms with Gasteiger partial charge in [0.15, 0.2) is 0 Å². The molecule has 2 saturated carbocycles. The molecule has 1 aromatic rings. The van der Waals surface area contributed by atoms with Crippen LogP contribution in [0.1, 0.15) is 30.5 Å². The van der Waals surface area contributed by atoms with Gasteiger partial charge in [0.1, 0.15) is 0 Å². The summed E-state index contributed by atoms with van der Waals surface area (Å²) in [7, 11) is 0. The third kappa shape index (κ3) is 1.92. The van der Waals surface area contributed by atoms with E-state index in [9.17, 15) is 0 Å². The lowest BCUT2D eigenvalue weighted by molar-refractivity contribution is 0.566. The fraction of sp³-hybridized carbons (Fsp3) is 0.643. The molecule has 0 N–H and O–H groups in total. The van der Waals surface area contributed by atoms with Crippen LogP contribution in [-0.2, 0) is 6.42 Å². The molecule has 0 saturated heterocycles. The van der Waals surface area contributed by atoms with E-state index in [-0.39, 0.29) is 0 Å². The Balaban J connectivity index is 1.60. The minimum Gasteiger partial charge on any atom is -0.261 e. The molecule has 86 valence electrons. The van der Waals surface area contributed by atoms with E-state index in [0.717, 1.165) is 24.2 Å². The first-order valence-electron chi connectivity index (χ1n) is 6.31. The molecule has 3 rings (SSSR count). The molecular weight excluding hydrogens is 262 g/mol. The summed E-state index contributed by atoms with van der Waals surface area (Å²) in [6.07, 6.45) is 7.48. The van der Waals surface area contributed by atoms with E-state index in [1.54, 1.807) is 0 Å². The molecule has 2 fully saturated rings. The molecule has 0 bridgehead atoms. The van der Waals surface area contributed by atoms with Crippen LogP contribution in [0.3, 0.4) is 0 Å². The molecule has 1 heterocycles. The molecule has 0 aromatic carbocycles. The monoisotopic (exact) mass is 279 g/mol. The van der Waals surface area contributed by atoms with Gasteiger partial charge in [-0.25, -0.2) is 0 Å². The van der Waals surface area contributed by atoms with E-state index in [0.29, 0.717) is 4.83 Å². The number of fused-ring (bicyclic) bond motifs is 1. The highest BCUT2D eigenvalue weighted by atomic mass is 79.9. The molecule has 2 aliphatic carbocycles. The Morgan fingerprint density at radius 3 is 2.75 bits per heavy atom. The molecule has 3 atom stereocenters. The van der Waals surface area contributed by atoms with Crippen molar-refractivity contribution in [3.8, 4) is 0 Å². The van der Waals surface area contributed by atoms with Crippen molar-refractivity contribution in [1.29, 1.82) is 0 Å². The van der Waals surface area contributed by atoms with E-state index >= 15 is 0 Å². The van der Waals surface area contributed by atoms with Crippen molar-refractivity contribution in [2.24, 2.45) is 17.8 Å². The lowest BCUT2D eigenvalue weighted by atomic mass is 10.0. The van der Waals surface area contributed by atoms with Crippen molar-refractivity contribution >= 4 is 15.9 Å². The third-order valence-corrected chi connectivity index (χ3v) is 5.20. The largest absolute Gasteiger partial charge is 0.261 e. The molecule has 0 radical (unpaired) electrons. The average Bonchev–Trinajstić information content (AvgIpc) is 2.76. The predicted octanol–water partition coefficient (Wildman–Crippen LogP) is 3.74. The SMILES string of the molecule is Cc1ccc(CC(Br)C2C3CCCC32)nc1. The summed E-state index contributed by atoms with van der Waals surface area (Å²) in [6, 6.07) is 4.33. The summed E-state index contributed by atoms with van der Waals surface area (Å²) in [5.41, 5.74) is 2.48. The molecule has 3 unspecified atom stereocenters. The van der Waals surface area contributed by atoms with Gasteiger partial charge in [-0.3, -0.25) is 4.98 Å². The highest BCUT2D eigenvalue weighted by Crippen LogP contribution is 2.60. The van der Waals surface area contributed by atoms with Gasteiger partial charge >= 0.3 is 0 Å². The number of rotatable bonds is 3. The molecule has 16 heavy (non-hydrogen) atoms. The summed E-state index contributed by atoms with van der Waals surface area (Å²) in [4.78, 5) is 5.14. The maximum Gasteiger partial charge on any atom is 0.0415 e. The Morgan fingerprint density at radius 1 is 1.38 bits per heavy atom. The van der Waals surface area contributed by atoms with Crippen LogP contribution >= 0.6 is 15.9 Å². The highest BCUT2D eigenvalue weighted by Gasteiger charge is 2.54. The van der Waals surface area contributed by atoms with Crippen molar-refractivity contribution in [3.05, 3.63) is 29.6 Å². The summed E-state index contributed by atoms with van der Waals surface area (Å²) < 4.78 is 0. The average molecular weight is 280 g/mol. The minimum atomic E-state index is 0.651. The number of aromatic nitrogens is 1. The van der Waals surface area contributed by atoms with Gasteiger partial charge < -0.3 is 0 Å². The van der Waals surface area contributed by atoms with E-state index < -0.39 is 0 Å². The number of nitrogens with zero attached hydrogens (tertiary/aromatic N) is 1. The van der Waals surface area contributed by atoms with Crippen molar-refractivity contribution < 1.29 is 0 Å². The molecule has 1 nitrogen and oxygen atoms in total. The zero-order valence-corrected chi connectivity index (χ0v) is 11.3. The topological polar surface area (TPSA) is 12.9 Å². The molecule has 0 aliphatic heterocycles. The van der Waals surface area contributed by atoms with Crippen LogP contribution < -0.4 is 0 Å². The van der Waals surface area contributed by atoms with Crippen LogP contribution in [-0.4, -0.2) is 9.81 Å². The van der Waals surface area contributed by atoms with Gasteiger partial charge in [0.05, 0.1) is 0 Å². The van der Waals surface area contributed by atoms with Gasteiger partial charge in [-0.1, -0.05) is 28.4 Å². The summed E-state index contributed by atoms with van der Waals surface area (Å²) in [5, 5.41) is 0. The van der Waals surface area contributed by atoms with Crippen molar-refractivity contribution in [2.45, 2.75) is 37.4 Å². The van der Waals surface area contributed by atoms with Crippen molar-refractivity contribution in [2.75, 3.05) is 0 Å². The van der Waals surface area contributed by atoms with Crippen molar-refractivity contribution in [3.63, 3.8) is 0 Å². The summed E-state index contributed by atoms with van der Waals surface area (Å²) >= 11 is 3.88. The maximum atomic E-state index is 4.49. The number of hydrogen-bond donors (Lipinski definition) is 0. The Labute approximate surface area is 106 Å². The van der Waals surface area contributed by atoms with Crippen LogP contribution in [0.2, 0.25) is 0 Å². The zero-order chi connectivity index (χ0) is 11.1. The fourth-order valence-corrected chi connectivity index (χ4v) is 4.48. The summed E-state index contributed by atoms with van der Waals surface area (Å²) in [6.45, 7) is 2.09. The van der Waals surface area contributed by atoms with Gasteiger partial charge in [-0.05, 0) is 49.1 Å². The van der Waals surface area contributed by atoms with Gasteiger partial charge in [-0.15, -0.1) is 0 Å². The quantitative estimate of drug-likeness (QED) is 0.769. The van der Waals surface area contributed by atoms with Crippen molar-refractivity contribution in [1.82, 2.24) is 4.98 Å². The van der Waals surface area contributed by atoms with Gasteiger partial charge in [0, 0.05) is 23.1 Å². The second-order valence-corrected chi connectivity index (χ2v) is 6.56. The van der Waals surface area contributed by atoms with Crippen LogP contribution in [0.15, 0.2) is 18.3 Å². The Bertz CT molecular complexity index is 363. The first-order chi connectivity index (χ1) is 7.75. The van der Waals surface area contributed by atoms with Gasteiger partial charge in [-0.2, -0.15) is 0 Å². The smallest absolute Gasteiger partial charge is 0.0415 e. The Kier molecular flexibility index (Phi) is 2.78. The number of alkyl halides is 1. The fourth-order valence-electron chi connectivity index (χ4n) is 3.37. The summed E-state index contributed by atoms with van der Waals surface area (Å²) in [5.74, 6) is 3.02. The number of halogens is 1. The van der Waals surface area contributed by atoms with Gasteiger partial charge in [0.25, 0.3) is 0 Å². The second-order valence-electron chi connectivity index (χ2n) is 5.38. The molecule has 2 aliphatic rings. The van der Waals surface area contributed by atoms with Crippen LogP contribution in [0.25, 0.3) is 0 Å². The maximum absolute atomic E-state index is 4.49. The first-order valence-corrected chi connectivity index (χ1v) is 7.23. The molecule has 0 amide bonds. The Morgan fingerprint density at radius 2 is 2.12 bits per heavy atom. The lowest BCUT2D eigenvalue weighted by Gasteiger charge is -2.11. The van der Waals surface area contributed by atoms with Gasteiger partial charge in [0.2, 0.25) is 0 Å². The van der Waals surface area contributed by atoms with Crippen LogP contribution in [0, 0.1) is 24.7 Å². The van der Waals surface area contributed by atoms with E-state index in [4.69, 9.17) is 0 Å². The first kappa shape index (κ1) is 10.8. The number of hydrogen-bond acceptors (Lipinski definition) is 1. The van der Waals surface area contributed by atoms with E-state index in [1.165, 1.54) is 30.5 Å². The zero-order valence-electron chi connectivity index (χ0n) is 9.70. The molecule has 0 spiro atoms. The van der Waals surface area contributed by atoms with Crippen LogP contribution in [0.4, 0.5) is 0 Å². The van der Waals surface area contributed by atoms with E-state index in [1.807, 2.05) is 6.20 Å². The minimum absolute atomic E-state index is 0.651. The van der Waals surface area contributed by atoms with Crippen LogP contribution in [0.5, 0.6) is 0 Å². The Hall–Kier alpha value is -0.370. The second kappa shape index (κ2) is 4.14. The van der Waals surface area contributed by atoms with E-state index in [2.05, 4.69) is 40.0 Å². The normalized spacial score (nSPS) is 33.5. The molecule has 1 aromatic heterocycles. The number of aryl methyl sites for hydroxylation is 1. The number of pyridine rings is 1. The predicted molar refractivity (Wildman–Crippen MR) is 69.7 cm³/mol.